The normalized spacial score (nSPS) is 11.3. The van der Waals surface area contributed by atoms with Crippen LogP contribution in [0.4, 0.5) is 5.82 Å². The van der Waals surface area contributed by atoms with Gasteiger partial charge in [-0.15, -0.1) is 0 Å². The van der Waals surface area contributed by atoms with Crippen molar-refractivity contribution in [1.29, 1.82) is 0 Å². The van der Waals surface area contributed by atoms with Gasteiger partial charge in [-0.25, -0.2) is 4.68 Å². The molecular formula is C27H28N4O2. The number of benzene rings is 2. The van der Waals surface area contributed by atoms with Gasteiger partial charge in [0.05, 0.1) is 17.8 Å². The minimum absolute atomic E-state index is 0.105. The van der Waals surface area contributed by atoms with Gasteiger partial charge in [0.25, 0.3) is 0 Å². The Morgan fingerprint density at radius 1 is 0.939 bits per heavy atom. The number of anilines is 1. The van der Waals surface area contributed by atoms with Crippen LogP contribution in [0, 0.1) is 6.92 Å². The van der Waals surface area contributed by atoms with Crippen molar-refractivity contribution >= 4 is 11.7 Å². The third kappa shape index (κ3) is 5.66. The molecule has 168 valence electrons. The highest BCUT2D eigenvalue weighted by Gasteiger charge is 2.21. The molecule has 0 bridgehead atoms. The van der Waals surface area contributed by atoms with E-state index in [0.29, 0.717) is 11.6 Å². The molecule has 0 aliphatic heterocycles. The Kier molecular flexibility index (Phi) is 6.27. The Labute approximate surface area is 194 Å². The molecule has 0 aliphatic rings. The molecular weight excluding hydrogens is 412 g/mol. The second kappa shape index (κ2) is 9.28. The zero-order valence-corrected chi connectivity index (χ0v) is 19.4. The van der Waals surface area contributed by atoms with E-state index in [4.69, 9.17) is 9.84 Å². The van der Waals surface area contributed by atoms with Crippen LogP contribution in [0.3, 0.4) is 0 Å². The van der Waals surface area contributed by atoms with E-state index >= 15 is 0 Å². The Morgan fingerprint density at radius 3 is 2.21 bits per heavy atom. The number of carbonyl (C=O) groups excluding carboxylic acids is 1. The van der Waals surface area contributed by atoms with Gasteiger partial charge in [0, 0.05) is 23.9 Å². The summed E-state index contributed by atoms with van der Waals surface area (Å²) in [6, 6.07) is 21.1. The largest absolute Gasteiger partial charge is 0.457 e. The summed E-state index contributed by atoms with van der Waals surface area (Å²) in [6.07, 6.45) is 3.61. The van der Waals surface area contributed by atoms with Gasteiger partial charge in [-0.2, -0.15) is 5.10 Å². The highest BCUT2D eigenvalue weighted by molar-refractivity contribution is 5.91. The first-order valence-corrected chi connectivity index (χ1v) is 10.9. The van der Waals surface area contributed by atoms with Crippen molar-refractivity contribution in [2.75, 3.05) is 5.32 Å². The number of hydrogen-bond acceptors (Lipinski definition) is 4. The van der Waals surface area contributed by atoms with E-state index < -0.39 is 0 Å². The van der Waals surface area contributed by atoms with E-state index in [1.54, 1.807) is 29.2 Å². The molecule has 0 fully saturated rings. The number of nitrogens with zero attached hydrogens (tertiary/aromatic N) is 3. The minimum atomic E-state index is -0.139. The first kappa shape index (κ1) is 22.3. The number of pyridine rings is 1. The molecule has 4 rings (SSSR count). The lowest BCUT2D eigenvalue weighted by molar-refractivity contribution is -0.115. The summed E-state index contributed by atoms with van der Waals surface area (Å²) in [5, 5.41) is 7.82. The highest BCUT2D eigenvalue weighted by Crippen LogP contribution is 2.27. The molecule has 0 atom stereocenters. The monoisotopic (exact) mass is 440 g/mol. The highest BCUT2D eigenvalue weighted by atomic mass is 16.5. The summed E-state index contributed by atoms with van der Waals surface area (Å²) in [5.41, 5.74) is 3.75. The molecule has 2 aromatic heterocycles. The molecule has 0 unspecified atom stereocenters. The Hall–Kier alpha value is -3.93. The first-order chi connectivity index (χ1) is 15.8. The van der Waals surface area contributed by atoms with Crippen molar-refractivity contribution in [3.05, 3.63) is 95.9 Å². The molecule has 2 aromatic carbocycles. The summed E-state index contributed by atoms with van der Waals surface area (Å²) in [6.45, 7) is 8.37. The summed E-state index contributed by atoms with van der Waals surface area (Å²) in [5.74, 6) is 1.98. The fourth-order valence-electron chi connectivity index (χ4n) is 3.31. The van der Waals surface area contributed by atoms with Gasteiger partial charge < -0.3 is 10.1 Å². The lowest BCUT2D eigenvalue weighted by Gasteiger charge is -2.14. The summed E-state index contributed by atoms with van der Waals surface area (Å²) < 4.78 is 7.58. The Bertz CT molecular complexity index is 1220. The minimum Gasteiger partial charge on any atom is -0.457 e. The van der Waals surface area contributed by atoms with E-state index in [2.05, 4.69) is 31.1 Å². The van der Waals surface area contributed by atoms with Crippen LogP contribution in [0.15, 0.2) is 79.1 Å². The van der Waals surface area contributed by atoms with Crippen molar-refractivity contribution in [3.8, 4) is 17.2 Å². The van der Waals surface area contributed by atoms with Crippen molar-refractivity contribution in [3.63, 3.8) is 0 Å². The number of carbonyl (C=O) groups is 1. The van der Waals surface area contributed by atoms with Crippen LogP contribution in [0.25, 0.3) is 5.69 Å². The molecule has 6 nitrogen and oxygen atoms in total. The van der Waals surface area contributed by atoms with Gasteiger partial charge >= 0.3 is 0 Å². The molecule has 33 heavy (non-hydrogen) atoms. The molecule has 4 aromatic rings. The molecule has 0 radical (unpaired) electrons. The number of rotatable bonds is 6. The van der Waals surface area contributed by atoms with Crippen LogP contribution in [0.5, 0.6) is 11.5 Å². The molecule has 0 saturated carbocycles. The van der Waals surface area contributed by atoms with Gasteiger partial charge in [-0.05, 0) is 48.9 Å². The SMILES string of the molecule is Cc1ccc(-n2nc(C(C)(C)C)cc2NC(=O)Cc2ccc(Oc3ccncc3)cc2)cc1. The predicted molar refractivity (Wildman–Crippen MR) is 130 cm³/mol. The second-order valence-corrected chi connectivity index (χ2v) is 9.07. The number of amides is 1. The van der Waals surface area contributed by atoms with E-state index in [9.17, 15) is 4.79 Å². The average molecular weight is 441 g/mol. The van der Waals surface area contributed by atoms with E-state index in [1.807, 2.05) is 61.5 Å². The van der Waals surface area contributed by atoms with Crippen LogP contribution >= 0.6 is 0 Å². The maximum absolute atomic E-state index is 12.9. The second-order valence-electron chi connectivity index (χ2n) is 9.07. The number of ether oxygens (including phenoxy) is 1. The summed E-state index contributed by atoms with van der Waals surface area (Å²) >= 11 is 0. The molecule has 0 spiro atoms. The maximum atomic E-state index is 12.9. The molecule has 0 aliphatic carbocycles. The molecule has 1 amide bonds. The number of aryl methyl sites for hydroxylation is 1. The smallest absolute Gasteiger partial charge is 0.229 e. The van der Waals surface area contributed by atoms with Crippen LogP contribution in [-0.2, 0) is 16.6 Å². The topological polar surface area (TPSA) is 69.0 Å². The summed E-state index contributed by atoms with van der Waals surface area (Å²) in [4.78, 5) is 16.8. The van der Waals surface area contributed by atoms with Crippen molar-refractivity contribution in [2.45, 2.75) is 39.5 Å². The lowest BCUT2D eigenvalue weighted by Crippen LogP contribution is -2.17. The van der Waals surface area contributed by atoms with Crippen LogP contribution in [-0.4, -0.2) is 20.7 Å². The van der Waals surface area contributed by atoms with E-state index in [0.717, 1.165) is 22.7 Å². The van der Waals surface area contributed by atoms with Crippen molar-refractivity contribution in [1.82, 2.24) is 14.8 Å². The van der Waals surface area contributed by atoms with Gasteiger partial charge in [-0.3, -0.25) is 9.78 Å². The first-order valence-electron chi connectivity index (χ1n) is 10.9. The van der Waals surface area contributed by atoms with Gasteiger partial charge in [0.2, 0.25) is 5.91 Å². The molecule has 6 heteroatoms. The standard InChI is InChI=1S/C27H28N4O2/c1-19-5-9-21(10-6-19)31-25(18-24(30-31)27(2,3)4)29-26(32)17-20-7-11-22(12-8-20)33-23-13-15-28-16-14-23/h5-16,18H,17H2,1-4H3,(H,29,32). The molecule has 0 saturated heterocycles. The summed E-state index contributed by atoms with van der Waals surface area (Å²) in [7, 11) is 0. The maximum Gasteiger partial charge on any atom is 0.229 e. The fraction of sp³-hybridized carbons (Fsp3) is 0.222. The van der Waals surface area contributed by atoms with Crippen molar-refractivity contribution in [2.24, 2.45) is 0 Å². The molecule has 1 N–H and O–H groups in total. The molecule has 2 heterocycles. The van der Waals surface area contributed by atoms with Gasteiger partial charge in [0.15, 0.2) is 0 Å². The zero-order chi connectivity index (χ0) is 23.4. The predicted octanol–water partition coefficient (Wildman–Crippen LogP) is 5.85. The fourth-order valence-corrected chi connectivity index (χ4v) is 3.31. The lowest BCUT2D eigenvalue weighted by atomic mass is 9.92. The zero-order valence-electron chi connectivity index (χ0n) is 19.4. The van der Waals surface area contributed by atoms with E-state index in [-0.39, 0.29) is 17.7 Å². The Morgan fingerprint density at radius 2 is 1.58 bits per heavy atom. The van der Waals surface area contributed by atoms with Crippen molar-refractivity contribution < 1.29 is 9.53 Å². The van der Waals surface area contributed by atoms with Gasteiger partial charge in [-0.1, -0.05) is 50.6 Å². The third-order valence-corrected chi connectivity index (χ3v) is 5.20. The number of hydrogen-bond donors (Lipinski definition) is 1. The Balaban J connectivity index is 1.48. The quantitative estimate of drug-likeness (QED) is 0.408. The van der Waals surface area contributed by atoms with Gasteiger partial charge in [0.1, 0.15) is 17.3 Å². The van der Waals surface area contributed by atoms with Crippen LogP contribution in [0.2, 0.25) is 0 Å². The van der Waals surface area contributed by atoms with Crippen LogP contribution < -0.4 is 10.1 Å². The number of nitrogens with one attached hydrogen (secondary N) is 1. The average Bonchev–Trinajstić information content (AvgIpc) is 3.20. The van der Waals surface area contributed by atoms with E-state index in [1.165, 1.54) is 5.56 Å². The third-order valence-electron chi connectivity index (χ3n) is 5.20. The van der Waals surface area contributed by atoms with Crippen LogP contribution in [0.1, 0.15) is 37.6 Å². The number of aromatic nitrogens is 3.